The number of fused-ring (bicyclic) bond motifs is 7. The molecule has 0 unspecified atom stereocenters. The second-order valence-corrected chi connectivity index (χ2v) is 20.0. The van der Waals surface area contributed by atoms with Gasteiger partial charge >= 0.3 is 12.2 Å². The normalized spacial score (nSPS) is 23.5. The van der Waals surface area contributed by atoms with Crippen molar-refractivity contribution in [3.63, 3.8) is 0 Å². The van der Waals surface area contributed by atoms with Crippen LogP contribution in [0.4, 0.5) is 9.59 Å². The van der Waals surface area contributed by atoms with Crippen LogP contribution in [0.2, 0.25) is 0 Å². The van der Waals surface area contributed by atoms with Gasteiger partial charge < -0.3 is 49.3 Å². The minimum Gasteiger partial charge on any atom is -0.488 e. The first-order valence-electron chi connectivity index (χ1n) is 25.0. The predicted octanol–water partition coefficient (Wildman–Crippen LogP) is 9.32. The van der Waals surface area contributed by atoms with E-state index in [0.717, 1.165) is 106 Å². The number of methoxy groups -OCH3 is 2. The van der Waals surface area contributed by atoms with Gasteiger partial charge in [0.15, 0.2) is 0 Å². The summed E-state index contributed by atoms with van der Waals surface area (Å²) < 4.78 is 22.4. The zero-order chi connectivity index (χ0) is 48.7. The van der Waals surface area contributed by atoms with Gasteiger partial charge in [0.1, 0.15) is 36.1 Å². The zero-order valence-electron chi connectivity index (χ0n) is 41.2. The predicted molar refractivity (Wildman–Crippen MR) is 262 cm³/mol. The Kier molecular flexibility index (Phi) is 13.9. The first-order chi connectivity index (χ1) is 33.3. The fourth-order valence-corrected chi connectivity index (χ4v) is 11.8. The topological polar surface area (TPSA) is 193 Å². The number of rotatable bonds is 14. The van der Waals surface area contributed by atoms with Crippen LogP contribution < -0.4 is 15.4 Å². The van der Waals surface area contributed by atoms with Crippen molar-refractivity contribution in [2.45, 2.75) is 155 Å². The number of carbonyl (C=O) groups is 4. The first-order valence-corrected chi connectivity index (χ1v) is 25.0. The summed E-state index contributed by atoms with van der Waals surface area (Å²) in [5.74, 6) is 2.13. The highest BCUT2D eigenvalue weighted by atomic mass is 16.5. The molecule has 1 saturated carbocycles. The van der Waals surface area contributed by atoms with Crippen LogP contribution >= 0.6 is 0 Å². The van der Waals surface area contributed by atoms with Crippen LogP contribution in [0.15, 0.2) is 48.7 Å². The maximum Gasteiger partial charge on any atom is 0.407 e. The fourth-order valence-electron chi connectivity index (χ4n) is 11.8. The fraction of sp³-hybridized carbons (Fsp3) is 0.547. The van der Waals surface area contributed by atoms with E-state index in [2.05, 4.69) is 70.8 Å². The van der Waals surface area contributed by atoms with Gasteiger partial charge in [0.25, 0.3) is 0 Å². The summed E-state index contributed by atoms with van der Waals surface area (Å²) in [6, 6.07) is 13.0. The minimum atomic E-state index is -0.776. The molecule has 368 valence electrons. The Morgan fingerprint density at radius 1 is 0.928 bits per heavy atom. The number of aromatic nitrogens is 4. The van der Waals surface area contributed by atoms with Gasteiger partial charge in [-0.25, -0.2) is 19.6 Å². The highest BCUT2D eigenvalue weighted by Gasteiger charge is 2.49. The lowest BCUT2D eigenvalue weighted by Gasteiger charge is -2.39. The number of nitrogens with one attached hydrogen (secondary N) is 4. The highest BCUT2D eigenvalue weighted by molar-refractivity contribution is 6.07. The molecule has 3 aliphatic heterocycles. The Morgan fingerprint density at radius 3 is 2.43 bits per heavy atom. The van der Waals surface area contributed by atoms with E-state index in [1.54, 1.807) is 0 Å². The molecule has 5 heterocycles. The molecule has 0 bridgehead atoms. The third-order valence-corrected chi connectivity index (χ3v) is 15.4. The van der Waals surface area contributed by atoms with Crippen molar-refractivity contribution in [2.75, 3.05) is 14.2 Å². The number of imidazole rings is 2. The number of aromatic amines is 2. The molecule has 4 aliphatic rings. The van der Waals surface area contributed by atoms with Crippen LogP contribution in [-0.2, 0) is 37.0 Å². The second-order valence-electron chi connectivity index (χ2n) is 20.0. The molecule has 2 saturated heterocycles. The number of benzene rings is 3. The molecule has 3 aromatic carbocycles. The van der Waals surface area contributed by atoms with Crippen LogP contribution in [0.3, 0.4) is 0 Å². The number of alkyl carbamates (subject to hydrolysis) is 2. The maximum absolute atomic E-state index is 14.6. The smallest absolute Gasteiger partial charge is 0.407 e. The van der Waals surface area contributed by atoms with Crippen molar-refractivity contribution in [3.05, 3.63) is 65.9 Å². The summed E-state index contributed by atoms with van der Waals surface area (Å²) in [6.07, 6.45) is 8.14. The van der Waals surface area contributed by atoms with Gasteiger partial charge in [-0.3, -0.25) is 9.59 Å². The van der Waals surface area contributed by atoms with Crippen LogP contribution in [0.1, 0.15) is 123 Å². The van der Waals surface area contributed by atoms with Gasteiger partial charge in [-0.15, -0.1) is 0 Å². The van der Waals surface area contributed by atoms with Crippen LogP contribution in [0.25, 0.3) is 44.2 Å². The lowest BCUT2D eigenvalue weighted by Crippen LogP contribution is -2.56. The Hall–Kier alpha value is -6.16. The highest BCUT2D eigenvalue weighted by Crippen LogP contribution is 2.48. The molecule has 9 rings (SSSR count). The molecular formula is C53H68N8O8. The van der Waals surface area contributed by atoms with Gasteiger partial charge in [-0.05, 0) is 123 Å². The van der Waals surface area contributed by atoms with Gasteiger partial charge in [0.05, 0.1) is 61.9 Å². The van der Waals surface area contributed by atoms with E-state index in [4.69, 9.17) is 28.9 Å². The standard InChI is InChI=1S/C53H68N8O8/c1-9-12-29(4)60(50(62)47(59-53(65)67-8)35-19-30(5)69-31(6)20-35)26-45-55-40-18-16-32-22-39-37-17-15-33(21-36(37)27-68-44(39)24-38(32)48(40)57-45)41-25-54-49(56-41)43-23-34-13-11-14-42(34)61(43)51(63)46(28(3)10-2)58-52(64)66-7/h15-18,21-22,24-25,28-31,34-35,42-43,46-47H,9-14,19-20,23,26-27H2,1-8H3,(H,54,56)(H,55,57)(H,58,64)(H,59,65)/t28-,29-,30+,31+,34-,42-,43-,46-,47-/m0/s1. The summed E-state index contributed by atoms with van der Waals surface area (Å²) in [6.45, 7) is 12.8. The Labute approximate surface area is 404 Å². The largest absolute Gasteiger partial charge is 0.488 e. The first kappa shape index (κ1) is 47.9. The van der Waals surface area contributed by atoms with Gasteiger partial charge in [0.2, 0.25) is 11.8 Å². The van der Waals surface area contributed by atoms with Crippen molar-refractivity contribution >= 4 is 45.8 Å². The number of nitrogens with zero attached hydrogens (tertiary/aromatic N) is 4. The molecule has 16 heteroatoms. The van der Waals surface area contributed by atoms with E-state index in [-0.39, 0.29) is 60.5 Å². The average molecular weight is 945 g/mol. The molecule has 5 aromatic rings. The molecule has 4 amide bonds. The lowest BCUT2D eigenvalue weighted by atomic mass is 9.85. The quantitative estimate of drug-likeness (QED) is 0.0834. The SMILES string of the molecule is CCC[C@H](C)N(Cc1nc2ccc3cc4c(cc3c2[nH]1)OCc1cc(-c2cnc([C@@H]3C[C@@H]5CCC[C@@H]5N3C(=O)[C@@H](NC(=O)OC)[C@@H](C)CC)[nH]2)ccc1-4)C(=O)[C@@H](NC(=O)OC)C1C[C@@H](C)O[C@H](C)C1. The van der Waals surface area contributed by atoms with Crippen molar-refractivity contribution in [3.8, 4) is 28.1 Å². The molecule has 1 aliphatic carbocycles. The van der Waals surface area contributed by atoms with Gasteiger partial charge in [0, 0.05) is 23.0 Å². The number of hydrogen-bond acceptors (Lipinski definition) is 10. The number of hydrogen-bond donors (Lipinski definition) is 4. The zero-order valence-corrected chi connectivity index (χ0v) is 41.2. The monoisotopic (exact) mass is 945 g/mol. The summed E-state index contributed by atoms with van der Waals surface area (Å²) in [5.41, 5.74) is 6.60. The molecule has 9 atom stereocenters. The number of H-pyrrole nitrogens is 2. The third kappa shape index (κ3) is 9.48. The lowest BCUT2D eigenvalue weighted by molar-refractivity contribution is -0.140. The van der Waals surface area contributed by atoms with Crippen LogP contribution in [-0.4, -0.2) is 104 Å². The number of ether oxygens (including phenoxy) is 4. The Bertz CT molecular complexity index is 2710. The summed E-state index contributed by atoms with van der Waals surface area (Å²) in [4.78, 5) is 75.0. The van der Waals surface area contributed by atoms with Crippen molar-refractivity contribution in [1.29, 1.82) is 0 Å². The summed E-state index contributed by atoms with van der Waals surface area (Å²) in [7, 11) is 2.64. The second kappa shape index (κ2) is 20.1. The summed E-state index contributed by atoms with van der Waals surface area (Å²) in [5, 5.41) is 7.72. The van der Waals surface area contributed by atoms with Crippen molar-refractivity contribution in [1.82, 2.24) is 40.4 Å². The number of carbonyl (C=O) groups excluding carboxylic acids is 4. The molecule has 4 N–H and O–H groups in total. The van der Waals surface area contributed by atoms with E-state index in [9.17, 15) is 19.2 Å². The molecule has 16 nitrogen and oxygen atoms in total. The van der Waals surface area contributed by atoms with Crippen molar-refractivity contribution in [2.24, 2.45) is 17.8 Å². The van der Waals surface area contributed by atoms with Gasteiger partial charge in [-0.1, -0.05) is 58.2 Å². The third-order valence-electron chi connectivity index (χ3n) is 15.4. The molecule has 69 heavy (non-hydrogen) atoms. The summed E-state index contributed by atoms with van der Waals surface area (Å²) >= 11 is 0. The average Bonchev–Trinajstić information content (AvgIpc) is 4.17. The molecule has 0 spiro atoms. The maximum atomic E-state index is 14.6. The molecule has 2 aromatic heterocycles. The Balaban J connectivity index is 0.966. The van der Waals surface area contributed by atoms with E-state index in [1.807, 2.05) is 49.8 Å². The van der Waals surface area contributed by atoms with E-state index >= 15 is 0 Å². The Morgan fingerprint density at radius 2 is 1.70 bits per heavy atom. The van der Waals surface area contributed by atoms with Crippen LogP contribution in [0.5, 0.6) is 5.75 Å². The van der Waals surface area contributed by atoms with E-state index < -0.39 is 24.3 Å². The van der Waals surface area contributed by atoms with E-state index in [0.29, 0.717) is 31.2 Å². The number of amides is 4. The minimum absolute atomic E-state index is 0.0435. The molecular weight excluding hydrogens is 877 g/mol. The molecule has 0 radical (unpaired) electrons. The number of likely N-dealkylation sites (tertiary alicyclic amines) is 1. The van der Waals surface area contributed by atoms with Gasteiger partial charge in [-0.2, -0.15) is 0 Å². The van der Waals surface area contributed by atoms with Crippen molar-refractivity contribution < 1.29 is 38.1 Å². The van der Waals surface area contributed by atoms with Crippen LogP contribution in [0, 0.1) is 17.8 Å². The molecule has 3 fully saturated rings. The van der Waals surface area contributed by atoms with E-state index in [1.165, 1.54) is 14.2 Å².